The van der Waals surface area contributed by atoms with Gasteiger partial charge in [0.1, 0.15) is 11.5 Å². The Bertz CT molecular complexity index is 858. The maximum absolute atomic E-state index is 12.2. The highest BCUT2D eigenvalue weighted by molar-refractivity contribution is 6.02. The van der Waals surface area contributed by atoms with Crippen LogP contribution >= 0.6 is 0 Å². The number of hydrogen-bond acceptors (Lipinski definition) is 5. The molecule has 0 unspecified atom stereocenters. The molecule has 6 heteroatoms. The van der Waals surface area contributed by atoms with E-state index in [1.165, 1.54) is 13.2 Å². The maximum Gasteiger partial charge on any atom is 0.343 e. The van der Waals surface area contributed by atoms with Crippen LogP contribution in [0.5, 0.6) is 11.5 Å². The number of anilines is 1. The predicted octanol–water partition coefficient (Wildman–Crippen LogP) is 3.52. The quantitative estimate of drug-likeness (QED) is 0.597. The van der Waals surface area contributed by atoms with Gasteiger partial charge in [0.25, 0.3) is 0 Å². The van der Waals surface area contributed by atoms with Gasteiger partial charge in [0.2, 0.25) is 5.91 Å². The zero-order chi connectivity index (χ0) is 19.8. The van der Waals surface area contributed by atoms with Crippen LogP contribution in [0.2, 0.25) is 0 Å². The first-order valence-corrected chi connectivity index (χ1v) is 8.37. The fourth-order valence-electron chi connectivity index (χ4n) is 2.39. The van der Waals surface area contributed by atoms with Crippen LogP contribution in [-0.4, -0.2) is 32.7 Å². The van der Waals surface area contributed by atoms with E-state index in [2.05, 4.69) is 10.1 Å². The number of hydrogen-bond donors (Lipinski definition) is 1. The molecule has 1 N–H and O–H groups in total. The van der Waals surface area contributed by atoms with Gasteiger partial charge in [-0.3, -0.25) is 4.79 Å². The second kappa shape index (κ2) is 9.43. The molecule has 0 heterocycles. The third-order valence-electron chi connectivity index (χ3n) is 3.84. The van der Waals surface area contributed by atoms with Gasteiger partial charge < -0.3 is 19.5 Å². The summed E-state index contributed by atoms with van der Waals surface area (Å²) in [6.07, 6.45) is 3.17. The molecule has 0 saturated heterocycles. The molecule has 142 valence electrons. The van der Waals surface area contributed by atoms with Gasteiger partial charge >= 0.3 is 5.97 Å². The van der Waals surface area contributed by atoms with Crippen LogP contribution < -0.4 is 14.8 Å². The molecule has 0 aliphatic rings. The van der Waals surface area contributed by atoms with Gasteiger partial charge in [0, 0.05) is 17.3 Å². The molecular formula is C21H23NO5. The number of aryl methyl sites for hydroxylation is 2. The summed E-state index contributed by atoms with van der Waals surface area (Å²) in [6.45, 7) is 3.65. The second-order valence-electron chi connectivity index (χ2n) is 5.91. The van der Waals surface area contributed by atoms with E-state index in [0.717, 1.165) is 16.7 Å². The Labute approximate surface area is 158 Å². The summed E-state index contributed by atoms with van der Waals surface area (Å²) in [7, 11) is 2.89. The topological polar surface area (TPSA) is 73.9 Å². The molecule has 2 aromatic rings. The average Bonchev–Trinajstić information content (AvgIpc) is 2.66. The van der Waals surface area contributed by atoms with E-state index >= 15 is 0 Å². The van der Waals surface area contributed by atoms with Gasteiger partial charge in [-0.05, 0) is 55.8 Å². The molecule has 0 spiro atoms. The van der Waals surface area contributed by atoms with Crippen molar-refractivity contribution >= 4 is 23.6 Å². The minimum atomic E-state index is -0.457. The van der Waals surface area contributed by atoms with Crippen LogP contribution in [0.15, 0.2) is 42.5 Å². The number of ether oxygens (including phenoxy) is 3. The highest BCUT2D eigenvalue weighted by Crippen LogP contribution is 2.23. The number of methoxy groups -OCH3 is 2. The van der Waals surface area contributed by atoms with Crippen LogP contribution in [-0.2, 0) is 14.3 Å². The summed E-state index contributed by atoms with van der Waals surface area (Å²) >= 11 is 0. The minimum Gasteiger partial charge on any atom is -0.496 e. The van der Waals surface area contributed by atoms with Crippen molar-refractivity contribution in [3.63, 3.8) is 0 Å². The molecule has 0 radical (unpaired) electrons. The smallest absolute Gasteiger partial charge is 0.343 e. The summed E-state index contributed by atoms with van der Waals surface area (Å²) in [5, 5.41) is 2.82. The number of nitrogens with one attached hydrogen (secondary N) is 1. The monoisotopic (exact) mass is 369 g/mol. The molecule has 2 aromatic carbocycles. The largest absolute Gasteiger partial charge is 0.496 e. The fraction of sp³-hybridized carbons (Fsp3) is 0.238. The molecule has 0 bridgehead atoms. The van der Waals surface area contributed by atoms with Crippen molar-refractivity contribution in [3.05, 3.63) is 59.2 Å². The normalized spacial score (nSPS) is 10.5. The van der Waals surface area contributed by atoms with Crippen LogP contribution in [0.4, 0.5) is 5.69 Å². The lowest BCUT2D eigenvalue weighted by atomic mass is 10.1. The second-order valence-corrected chi connectivity index (χ2v) is 5.91. The number of benzene rings is 2. The molecule has 2 rings (SSSR count). The summed E-state index contributed by atoms with van der Waals surface area (Å²) in [5.74, 6) is 0.510. The third kappa shape index (κ3) is 5.88. The van der Waals surface area contributed by atoms with E-state index in [1.807, 2.05) is 32.0 Å². The highest BCUT2D eigenvalue weighted by Gasteiger charge is 2.07. The van der Waals surface area contributed by atoms with Gasteiger partial charge in [-0.25, -0.2) is 4.79 Å². The summed E-state index contributed by atoms with van der Waals surface area (Å²) < 4.78 is 15.2. The van der Waals surface area contributed by atoms with E-state index in [0.29, 0.717) is 17.2 Å². The van der Waals surface area contributed by atoms with Crippen LogP contribution in [0.25, 0.3) is 6.08 Å². The average molecular weight is 369 g/mol. The van der Waals surface area contributed by atoms with Crippen LogP contribution in [0, 0.1) is 13.8 Å². The van der Waals surface area contributed by atoms with Crippen molar-refractivity contribution in [1.29, 1.82) is 0 Å². The van der Waals surface area contributed by atoms with E-state index in [4.69, 9.17) is 9.47 Å². The van der Waals surface area contributed by atoms with Crippen molar-refractivity contribution in [2.75, 3.05) is 26.1 Å². The molecule has 0 aliphatic heterocycles. The molecule has 0 atom stereocenters. The summed E-state index contributed by atoms with van der Waals surface area (Å²) in [6, 6.07) is 10.9. The lowest BCUT2D eigenvalue weighted by molar-refractivity contribution is -0.142. The number of carbonyl (C=O) groups excluding carboxylic acids is 2. The lowest BCUT2D eigenvalue weighted by Crippen LogP contribution is -2.13. The summed E-state index contributed by atoms with van der Waals surface area (Å²) in [5.41, 5.74) is 3.38. The SMILES string of the molecule is COC(=O)COc1ccc(NC(=O)/C=C/c2cc(C)ccc2OC)c(C)c1. The molecule has 1 amide bonds. The predicted molar refractivity (Wildman–Crippen MR) is 104 cm³/mol. The summed E-state index contributed by atoms with van der Waals surface area (Å²) in [4.78, 5) is 23.3. The van der Waals surface area contributed by atoms with E-state index < -0.39 is 5.97 Å². The minimum absolute atomic E-state index is 0.164. The van der Waals surface area contributed by atoms with Crippen molar-refractivity contribution < 1.29 is 23.8 Å². The first-order chi connectivity index (χ1) is 12.9. The lowest BCUT2D eigenvalue weighted by Gasteiger charge is -2.10. The van der Waals surface area contributed by atoms with Crippen molar-refractivity contribution in [2.45, 2.75) is 13.8 Å². The molecule has 6 nitrogen and oxygen atoms in total. The first kappa shape index (κ1) is 20.0. The Balaban J connectivity index is 2.03. The van der Waals surface area contributed by atoms with Crippen molar-refractivity contribution in [2.24, 2.45) is 0 Å². The zero-order valence-corrected chi connectivity index (χ0v) is 15.9. The first-order valence-electron chi connectivity index (χ1n) is 8.37. The van der Waals surface area contributed by atoms with Crippen LogP contribution in [0.1, 0.15) is 16.7 Å². The maximum atomic E-state index is 12.2. The Kier molecular flexibility index (Phi) is 7.00. The number of carbonyl (C=O) groups is 2. The Morgan fingerprint density at radius 3 is 2.52 bits per heavy atom. The fourth-order valence-corrected chi connectivity index (χ4v) is 2.39. The molecule has 27 heavy (non-hydrogen) atoms. The number of amides is 1. The third-order valence-corrected chi connectivity index (χ3v) is 3.84. The standard InChI is InChI=1S/C21H23NO5/c1-14-5-9-19(25-3)16(11-14)6-10-20(23)22-18-8-7-17(12-15(18)2)27-13-21(24)26-4/h5-12H,13H2,1-4H3,(H,22,23)/b10-6+. The van der Waals surface area contributed by atoms with Crippen molar-refractivity contribution in [3.8, 4) is 11.5 Å². The van der Waals surface area contributed by atoms with Gasteiger partial charge in [-0.15, -0.1) is 0 Å². The Morgan fingerprint density at radius 2 is 1.85 bits per heavy atom. The molecular weight excluding hydrogens is 346 g/mol. The Hall–Kier alpha value is -3.28. The molecule has 0 fully saturated rings. The number of rotatable bonds is 7. The highest BCUT2D eigenvalue weighted by atomic mass is 16.6. The van der Waals surface area contributed by atoms with Gasteiger partial charge in [-0.1, -0.05) is 11.6 Å². The van der Waals surface area contributed by atoms with Gasteiger partial charge in [-0.2, -0.15) is 0 Å². The van der Waals surface area contributed by atoms with Gasteiger partial charge in [0.05, 0.1) is 14.2 Å². The molecule has 0 aromatic heterocycles. The van der Waals surface area contributed by atoms with E-state index in [1.54, 1.807) is 31.4 Å². The molecule has 0 aliphatic carbocycles. The van der Waals surface area contributed by atoms with Gasteiger partial charge in [0.15, 0.2) is 6.61 Å². The number of esters is 1. The molecule has 0 saturated carbocycles. The van der Waals surface area contributed by atoms with Crippen molar-refractivity contribution in [1.82, 2.24) is 0 Å². The Morgan fingerprint density at radius 1 is 1.07 bits per heavy atom. The zero-order valence-electron chi connectivity index (χ0n) is 15.9. The van der Waals surface area contributed by atoms with E-state index in [-0.39, 0.29) is 12.5 Å². The van der Waals surface area contributed by atoms with Crippen LogP contribution in [0.3, 0.4) is 0 Å². The van der Waals surface area contributed by atoms with E-state index in [9.17, 15) is 9.59 Å².